The van der Waals surface area contributed by atoms with Crippen molar-refractivity contribution in [2.45, 2.75) is 50.6 Å². The lowest BCUT2D eigenvalue weighted by Gasteiger charge is -2.08. The van der Waals surface area contributed by atoms with E-state index in [9.17, 15) is 5.11 Å². The third-order valence-electron chi connectivity index (χ3n) is 2.55. The molecule has 1 N–H and O–H groups in total. The molecule has 6 heteroatoms. The second-order valence-electron chi connectivity index (χ2n) is 4.43. The number of aliphatic hydroxyl groups is 1. The van der Waals surface area contributed by atoms with E-state index in [1.54, 1.807) is 11.8 Å². The molecule has 1 heterocycles. The lowest BCUT2D eigenvalue weighted by atomic mass is 10.5. The molecule has 1 saturated carbocycles. The third-order valence-corrected chi connectivity index (χ3v) is 3.46. The Bertz CT molecular complexity index is 364. The zero-order valence-corrected chi connectivity index (χ0v) is 11.1. The maximum atomic E-state index is 9.20. The van der Waals surface area contributed by atoms with E-state index >= 15 is 0 Å². The Morgan fingerprint density at radius 2 is 2.24 bits per heavy atom. The van der Waals surface area contributed by atoms with Gasteiger partial charge >= 0.3 is 0 Å². The fourth-order valence-corrected chi connectivity index (χ4v) is 2.48. The van der Waals surface area contributed by atoms with Crippen molar-refractivity contribution in [1.82, 2.24) is 14.8 Å². The number of hydrogen-bond donors (Lipinski definition) is 1. The normalized spacial score (nSPS) is 15.8. The second kappa shape index (κ2) is 5.84. The predicted molar refractivity (Wildman–Crippen MR) is 66.0 cm³/mol. The monoisotopic (exact) mass is 257 g/mol. The molecule has 1 aromatic heterocycles. The smallest absolute Gasteiger partial charge is 0.191 e. The highest BCUT2D eigenvalue weighted by atomic mass is 32.2. The molecule has 0 spiro atoms. The Labute approximate surface area is 106 Å². The molecule has 0 unspecified atom stereocenters. The fourth-order valence-electron chi connectivity index (χ4n) is 1.63. The predicted octanol–water partition coefficient (Wildman–Crippen LogP) is 1.62. The SMILES string of the molecule is CC(C)OCCSc1nnc(CO)n1C1CC1. The topological polar surface area (TPSA) is 60.2 Å². The zero-order chi connectivity index (χ0) is 12.3. The molecule has 96 valence electrons. The minimum atomic E-state index is -0.0352. The molecular formula is C11H19N3O2S. The van der Waals surface area contributed by atoms with Crippen LogP contribution in [0.4, 0.5) is 0 Å². The first-order chi connectivity index (χ1) is 8.22. The highest BCUT2D eigenvalue weighted by Crippen LogP contribution is 2.38. The molecule has 0 aromatic carbocycles. The van der Waals surface area contributed by atoms with Gasteiger partial charge in [-0.15, -0.1) is 10.2 Å². The fraction of sp³-hybridized carbons (Fsp3) is 0.818. The van der Waals surface area contributed by atoms with Gasteiger partial charge < -0.3 is 14.4 Å². The number of ether oxygens (including phenoxy) is 1. The molecule has 0 amide bonds. The van der Waals surface area contributed by atoms with Gasteiger partial charge in [-0.1, -0.05) is 11.8 Å². The summed E-state index contributed by atoms with van der Waals surface area (Å²) in [6.45, 7) is 4.74. The van der Waals surface area contributed by atoms with Crippen LogP contribution in [0, 0.1) is 0 Å². The van der Waals surface area contributed by atoms with Crippen molar-refractivity contribution in [3.05, 3.63) is 5.82 Å². The lowest BCUT2D eigenvalue weighted by molar-refractivity contribution is 0.0920. The molecule has 0 atom stereocenters. The van der Waals surface area contributed by atoms with Gasteiger partial charge in [-0.05, 0) is 26.7 Å². The molecule has 0 aliphatic heterocycles. The highest BCUT2D eigenvalue weighted by Gasteiger charge is 2.29. The summed E-state index contributed by atoms with van der Waals surface area (Å²) in [5.41, 5.74) is 0. The summed E-state index contributed by atoms with van der Waals surface area (Å²) in [6.07, 6.45) is 2.60. The van der Waals surface area contributed by atoms with Gasteiger partial charge in [-0.2, -0.15) is 0 Å². The molecular weight excluding hydrogens is 238 g/mol. The second-order valence-corrected chi connectivity index (χ2v) is 5.49. The van der Waals surface area contributed by atoms with Crippen LogP contribution in [0.5, 0.6) is 0 Å². The van der Waals surface area contributed by atoms with Crippen molar-refractivity contribution in [2.24, 2.45) is 0 Å². The van der Waals surface area contributed by atoms with Crippen LogP contribution in [-0.2, 0) is 11.3 Å². The highest BCUT2D eigenvalue weighted by molar-refractivity contribution is 7.99. The van der Waals surface area contributed by atoms with Gasteiger partial charge in [0.05, 0.1) is 12.7 Å². The van der Waals surface area contributed by atoms with Gasteiger partial charge in [0.15, 0.2) is 11.0 Å². The van der Waals surface area contributed by atoms with E-state index in [1.807, 2.05) is 13.8 Å². The standard InChI is InChI=1S/C11H19N3O2S/c1-8(2)16-5-6-17-11-13-12-10(7-15)14(11)9-3-4-9/h8-9,15H,3-7H2,1-2H3. The molecule has 0 saturated heterocycles. The van der Waals surface area contributed by atoms with Crippen LogP contribution in [0.2, 0.25) is 0 Å². The molecule has 1 aliphatic rings. The first-order valence-corrected chi connectivity index (χ1v) is 7.00. The van der Waals surface area contributed by atoms with E-state index in [4.69, 9.17) is 4.74 Å². The number of nitrogens with zero attached hydrogens (tertiary/aromatic N) is 3. The van der Waals surface area contributed by atoms with Gasteiger partial charge in [0.2, 0.25) is 0 Å². The Balaban J connectivity index is 1.89. The molecule has 1 aliphatic carbocycles. The Morgan fingerprint density at radius 3 is 2.82 bits per heavy atom. The van der Waals surface area contributed by atoms with Crippen molar-refractivity contribution in [3.63, 3.8) is 0 Å². The van der Waals surface area contributed by atoms with Crippen molar-refractivity contribution in [2.75, 3.05) is 12.4 Å². The van der Waals surface area contributed by atoms with Gasteiger partial charge in [0.1, 0.15) is 6.61 Å². The number of hydrogen-bond acceptors (Lipinski definition) is 5. The maximum Gasteiger partial charge on any atom is 0.191 e. The summed E-state index contributed by atoms with van der Waals surface area (Å²) in [4.78, 5) is 0. The van der Waals surface area contributed by atoms with Crippen LogP contribution in [0.15, 0.2) is 5.16 Å². The van der Waals surface area contributed by atoms with Crippen molar-refractivity contribution < 1.29 is 9.84 Å². The van der Waals surface area contributed by atoms with Gasteiger partial charge in [0, 0.05) is 11.8 Å². The summed E-state index contributed by atoms with van der Waals surface area (Å²) in [5, 5.41) is 18.2. The summed E-state index contributed by atoms with van der Waals surface area (Å²) in [7, 11) is 0. The van der Waals surface area contributed by atoms with Gasteiger partial charge in [-0.3, -0.25) is 0 Å². The van der Waals surface area contributed by atoms with Crippen LogP contribution in [0.1, 0.15) is 38.6 Å². The minimum Gasteiger partial charge on any atom is -0.388 e. The molecule has 1 aromatic rings. The Morgan fingerprint density at radius 1 is 1.47 bits per heavy atom. The van der Waals surface area contributed by atoms with Crippen LogP contribution < -0.4 is 0 Å². The largest absolute Gasteiger partial charge is 0.388 e. The average Bonchev–Trinajstić information content (AvgIpc) is 3.05. The average molecular weight is 257 g/mol. The Kier molecular flexibility index (Phi) is 4.42. The minimum absolute atomic E-state index is 0.0352. The molecule has 5 nitrogen and oxygen atoms in total. The van der Waals surface area contributed by atoms with E-state index in [1.165, 1.54) is 12.8 Å². The molecule has 17 heavy (non-hydrogen) atoms. The zero-order valence-electron chi connectivity index (χ0n) is 10.3. The molecule has 0 radical (unpaired) electrons. The first-order valence-electron chi connectivity index (χ1n) is 6.01. The number of aromatic nitrogens is 3. The summed E-state index contributed by atoms with van der Waals surface area (Å²) >= 11 is 1.65. The van der Waals surface area contributed by atoms with Crippen LogP contribution >= 0.6 is 11.8 Å². The summed E-state index contributed by atoms with van der Waals surface area (Å²) in [6, 6.07) is 0.501. The summed E-state index contributed by atoms with van der Waals surface area (Å²) < 4.78 is 7.55. The maximum absolute atomic E-state index is 9.20. The number of rotatable bonds is 7. The van der Waals surface area contributed by atoms with E-state index < -0.39 is 0 Å². The van der Waals surface area contributed by atoms with Crippen molar-refractivity contribution in [3.8, 4) is 0 Å². The number of aliphatic hydroxyl groups excluding tert-OH is 1. The van der Waals surface area contributed by atoms with Crippen molar-refractivity contribution in [1.29, 1.82) is 0 Å². The molecule has 1 fully saturated rings. The van der Waals surface area contributed by atoms with E-state index in [0.717, 1.165) is 10.9 Å². The first kappa shape index (κ1) is 12.9. The van der Waals surface area contributed by atoms with E-state index in [0.29, 0.717) is 18.5 Å². The van der Waals surface area contributed by atoms with Gasteiger partial charge in [0.25, 0.3) is 0 Å². The van der Waals surface area contributed by atoms with Gasteiger partial charge in [-0.25, -0.2) is 0 Å². The van der Waals surface area contributed by atoms with Crippen LogP contribution in [0.3, 0.4) is 0 Å². The molecule has 0 bridgehead atoms. The lowest BCUT2D eigenvalue weighted by Crippen LogP contribution is -2.07. The van der Waals surface area contributed by atoms with E-state index in [-0.39, 0.29) is 12.7 Å². The quantitative estimate of drug-likeness (QED) is 0.594. The van der Waals surface area contributed by atoms with E-state index in [2.05, 4.69) is 14.8 Å². The Hall–Kier alpha value is -0.590. The third kappa shape index (κ3) is 3.43. The molecule has 2 rings (SSSR count). The summed E-state index contributed by atoms with van der Waals surface area (Å²) in [5.74, 6) is 1.55. The van der Waals surface area contributed by atoms with Crippen molar-refractivity contribution >= 4 is 11.8 Å². The van der Waals surface area contributed by atoms with Crippen LogP contribution in [-0.4, -0.2) is 38.3 Å². The number of thioether (sulfide) groups is 1. The van der Waals surface area contributed by atoms with Crippen LogP contribution in [0.25, 0.3) is 0 Å².